The summed E-state index contributed by atoms with van der Waals surface area (Å²) >= 11 is 1.27. The number of rotatable bonds is 7. The van der Waals surface area contributed by atoms with E-state index in [1.54, 1.807) is 32.2 Å². The number of aliphatic carboxylic acids is 1. The van der Waals surface area contributed by atoms with Crippen LogP contribution in [0, 0.1) is 18.8 Å². The fourth-order valence-electron chi connectivity index (χ4n) is 3.72. The van der Waals surface area contributed by atoms with Crippen LogP contribution in [-0.2, 0) is 14.3 Å². The van der Waals surface area contributed by atoms with Crippen molar-refractivity contribution in [3.8, 4) is 16.9 Å². The van der Waals surface area contributed by atoms with Gasteiger partial charge in [-0.25, -0.2) is 4.79 Å². The number of allylic oxidation sites excluding steroid dienone is 2. The number of methoxy groups -OCH3 is 1. The lowest BCUT2D eigenvalue weighted by atomic mass is 9.82. The zero-order chi connectivity index (χ0) is 22.5. The molecule has 2 aromatic rings. The lowest BCUT2D eigenvalue weighted by molar-refractivity contribution is -0.146. The SMILES string of the molecule is CCOC(=O)c1c(NC(=O)[C@@H]2CC=CC[C@@H]2C(=O)O)sc(C)c1-c1ccc(OC)cc1. The zero-order valence-electron chi connectivity index (χ0n) is 17.6. The molecule has 1 aromatic carbocycles. The summed E-state index contributed by atoms with van der Waals surface area (Å²) in [7, 11) is 1.58. The Morgan fingerprint density at radius 3 is 2.35 bits per heavy atom. The van der Waals surface area contributed by atoms with Gasteiger partial charge in [-0.1, -0.05) is 24.3 Å². The molecule has 1 aliphatic carbocycles. The molecule has 0 saturated carbocycles. The minimum atomic E-state index is -1.00. The van der Waals surface area contributed by atoms with Gasteiger partial charge in [-0.15, -0.1) is 11.3 Å². The summed E-state index contributed by atoms with van der Waals surface area (Å²) in [5, 5.41) is 12.7. The highest BCUT2D eigenvalue weighted by Crippen LogP contribution is 2.41. The lowest BCUT2D eigenvalue weighted by Gasteiger charge is -2.24. The third kappa shape index (κ3) is 4.80. The van der Waals surface area contributed by atoms with Crippen molar-refractivity contribution in [2.24, 2.45) is 11.8 Å². The number of anilines is 1. The number of carboxylic acid groups (broad SMARTS) is 1. The van der Waals surface area contributed by atoms with Crippen LogP contribution >= 0.6 is 11.3 Å². The van der Waals surface area contributed by atoms with Gasteiger partial charge >= 0.3 is 11.9 Å². The van der Waals surface area contributed by atoms with E-state index < -0.39 is 29.7 Å². The van der Waals surface area contributed by atoms with E-state index in [1.165, 1.54) is 11.3 Å². The third-order valence-electron chi connectivity index (χ3n) is 5.27. The van der Waals surface area contributed by atoms with E-state index in [2.05, 4.69) is 5.32 Å². The van der Waals surface area contributed by atoms with Gasteiger partial charge in [0.1, 0.15) is 16.3 Å². The number of amides is 1. The predicted molar refractivity (Wildman–Crippen MR) is 119 cm³/mol. The van der Waals surface area contributed by atoms with Crippen LogP contribution in [0.5, 0.6) is 5.75 Å². The molecule has 2 N–H and O–H groups in total. The number of benzene rings is 1. The predicted octanol–water partition coefficient (Wildman–Crippen LogP) is 4.51. The first-order chi connectivity index (χ1) is 14.9. The molecule has 164 valence electrons. The Bertz CT molecular complexity index is 1010. The van der Waals surface area contributed by atoms with Crippen LogP contribution in [-0.4, -0.2) is 36.7 Å². The normalized spacial score (nSPS) is 17.8. The first kappa shape index (κ1) is 22.6. The molecule has 8 heteroatoms. The summed E-state index contributed by atoms with van der Waals surface area (Å²) in [5.41, 5.74) is 1.75. The van der Waals surface area contributed by atoms with Gasteiger partial charge in [0, 0.05) is 10.4 Å². The number of carbonyl (C=O) groups excluding carboxylic acids is 2. The summed E-state index contributed by atoms with van der Waals surface area (Å²) in [5.74, 6) is -2.76. The largest absolute Gasteiger partial charge is 0.497 e. The quantitative estimate of drug-likeness (QED) is 0.482. The molecule has 0 fully saturated rings. The second-order valence-corrected chi connectivity index (χ2v) is 8.39. The Morgan fingerprint density at radius 1 is 1.13 bits per heavy atom. The average molecular weight is 444 g/mol. The fraction of sp³-hybridized carbons (Fsp3) is 0.348. The third-order valence-corrected chi connectivity index (χ3v) is 6.29. The number of nitrogens with one attached hydrogen (secondary N) is 1. The second kappa shape index (κ2) is 9.78. The molecule has 1 aromatic heterocycles. The van der Waals surface area contributed by atoms with E-state index in [9.17, 15) is 19.5 Å². The highest BCUT2D eigenvalue weighted by atomic mass is 32.1. The maximum atomic E-state index is 13.0. The van der Waals surface area contributed by atoms with Crippen molar-refractivity contribution in [1.82, 2.24) is 0 Å². The topological polar surface area (TPSA) is 102 Å². The number of hydrogen-bond donors (Lipinski definition) is 2. The van der Waals surface area contributed by atoms with Gasteiger partial charge in [-0.3, -0.25) is 9.59 Å². The highest BCUT2D eigenvalue weighted by Gasteiger charge is 2.35. The molecule has 2 atom stereocenters. The monoisotopic (exact) mass is 443 g/mol. The number of aryl methyl sites for hydroxylation is 1. The fourth-order valence-corrected chi connectivity index (χ4v) is 4.78. The van der Waals surface area contributed by atoms with Crippen molar-refractivity contribution in [1.29, 1.82) is 0 Å². The van der Waals surface area contributed by atoms with Crippen molar-refractivity contribution >= 4 is 34.2 Å². The molecule has 1 heterocycles. The molecule has 3 rings (SSSR count). The molecule has 0 spiro atoms. The number of carboxylic acids is 1. The number of hydrogen-bond acceptors (Lipinski definition) is 6. The summed E-state index contributed by atoms with van der Waals surface area (Å²) in [6.07, 6.45) is 4.24. The van der Waals surface area contributed by atoms with Gasteiger partial charge in [0.15, 0.2) is 0 Å². The molecule has 1 amide bonds. The molecule has 31 heavy (non-hydrogen) atoms. The summed E-state index contributed by atoms with van der Waals surface area (Å²) in [4.78, 5) is 38.2. The van der Waals surface area contributed by atoms with Crippen LogP contribution in [0.1, 0.15) is 35.0 Å². The van der Waals surface area contributed by atoms with E-state index in [4.69, 9.17) is 9.47 Å². The smallest absolute Gasteiger partial charge is 0.341 e. The van der Waals surface area contributed by atoms with E-state index in [1.807, 2.05) is 25.1 Å². The zero-order valence-corrected chi connectivity index (χ0v) is 18.5. The van der Waals surface area contributed by atoms with E-state index in [-0.39, 0.29) is 12.2 Å². The van der Waals surface area contributed by atoms with Crippen LogP contribution in [0.15, 0.2) is 36.4 Å². The van der Waals surface area contributed by atoms with Crippen molar-refractivity contribution in [3.63, 3.8) is 0 Å². The van der Waals surface area contributed by atoms with Crippen LogP contribution in [0.2, 0.25) is 0 Å². The molecule has 0 bridgehead atoms. The molecular weight excluding hydrogens is 418 g/mol. The molecule has 1 aliphatic rings. The molecule has 7 nitrogen and oxygen atoms in total. The number of carbonyl (C=O) groups is 3. The van der Waals surface area contributed by atoms with Crippen molar-refractivity contribution in [2.45, 2.75) is 26.7 Å². The summed E-state index contributed by atoms with van der Waals surface area (Å²) in [6, 6.07) is 7.28. The van der Waals surface area contributed by atoms with Crippen LogP contribution in [0.25, 0.3) is 11.1 Å². The van der Waals surface area contributed by atoms with Crippen LogP contribution in [0.3, 0.4) is 0 Å². The standard InChI is InChI=1S/C23H25NO6S/c1-4-30-23(28)19-18(14-9-11-15(29-3)12-10-14)13(2)31-21(19)24-20(25)16-7-5-6-8-17(16)22(26)27/h5-6,9-12,16-17H,4,7-8H2,1-3H3,(H,24,25)(H,26,27)/t16-,17+/m1/s1. The number of esters is 1. The Balaban J connectivity index is 1.99. The van der Waals surface area contributed by atoms with Gasteiger partial charge in [-0.05, 0) is 44.4 Å². The lowest BCUT2D eigenvalue weighted by Crippen LogP contribution is -2.34. The van der Waals surface area contributed by atoms with Crippen LogP contribution < -0.4 is 10.1 Å². The highest BCUT2D eigenvalue weighted by molar-refractivity contribution is 7.17. The van der Waals surface area contributed by atoms with Gasteiger partial charge in [0.05, 0.1) is 25.6 Å². The second-order valence-electron chi connectivity index (χ2n) is 7.17. The van der Waals surface area contributed by atoms with Gasteiger partial charge < -0.3 is 19.9 Å². The Morgan fingerprint density at radius 2 is 1.77 bits per heavy atom. The summed E-state index contributed by atoms with van der Waals surface area (Å²) < 4.78 is 10.5. The molecule has 0 radical (unpaired) electrons. The Labute approximate surface area is 184 Å². The number of thiophene rings is 1. The maximum absolute atomic E-state index is 13.0. The van der Waals surface area contributed by atoms with Crippen molar-refractivity contribution in [3.05, 3.63) is 46.9 Å². The summed E-state index contributed by atoms with van der Waals surface area (Å²) in [6.45, 7) is 3.78. The maximum Gasteiger partial charge on any atom is 0.341 e. The van der Waals surface area contributed by atoms with Gasteiger partial charge in [0.25, 0.3) is 0 Å². The van der Waals surface area contributed by atoms with Crippen molar-refractivity contribution in [2.75, 3.05) is 19.0 Å². The molecule has 0 saturated heterocycles. The minimum Gasteiger partial charge on any atom is -0.497 e. The molecule has 0 unspecified atom stereocenters. The molecular formula is C23H25NO6S. The van der Waals surface area contributed by atoms with Crippen molar-refractivity contribution < 1.29 is 29.0 Å². The number of ether oxygens (including phenoxy) is 2. The Hall–Kier alpha value is -3.13. The van der Waals surface area contributed by atoms with Gasteiger partial charge in [-0.2, -0.15) is 0 Å². The Kier molecular flexibility index (Phi) is 7.12. The van der Waals surface area contributed by atoms with Gasteiger partial charge in [0.2, 0.25) is 5.91 Å². The van der Waals surface area contributed by atoms with E-state index >= 15 is 0 Å². The first-order valence-electron chi connectivity index (χ1n) is 10.0. The van der Waals surface area contributed by atoms with E-state index in [0.29, 0.717) is 29.2 Å². The van der Waals surface area contributed by atoms with E-state index in [0.717, 1.165) is 10.4 Å². The first-order valence-corrected chi connectivity index (χ1v) is 10.8. The van der Waals surface area contributed by atoms with Crippen LogP contribution in [0.4, 0.5) is 5.00 Å². The minimum absolute atomic E-state index is 0.192. The average Bonchev–Trinajstić information content (AvgIpc) is 3.09. The molecule has 0 aliphatic heterocycles.